The zero-order chi connectivity index (χ0) is 23.4. The van der Waals surface area contributed by atoms with Crippen LogP contribution in [0.5, 0.6) is 11.5 Å². The van der Waals surface area contributed by atoms with E-state index in [1.54, 1.807) is 41.0 Å². The number of carbonyl (C=O) groups is 1. The number of sulfone groups is 1. The zero-order valence-corrected chi connectivity index (χ0v) is 18.7. The van der Waals surface area contributed by atoms with E-state index in [2.05, 4.69) is 10.3 Å². The van der Waals surface area contributed by atoms with E-state index in [0.29, 0.717) is 34.9 Å². The normalized spacial score (nSPS) is 11.5. The van der Waals surface area contributed by atoms with Crippen molar-refractivity contribution < 1.29 is 22.3 Å². The molecule has 0 aliphatic rings. The molecule has 0 saturated carbocycles. The van der Waals surface area contributed by atoms with E-state index in [0.717, 1.165) is 11.8 Å². The van der Waals surface area contributed by atoms with E-state index in [-0.39, 0.29) is 24.0 Å². The van der Waals surface area contributed by atoms with Gasteiger partial charge in [-0.15, -0.1) is 0 Å². The van der Waals surface area contributed by atoms with Crippen molar-refractivity contribution in [3.8, 4) is 11.5 Å². The number of nitrogens with zero attached hydrogens (tertiary/aromatic N) is 2. The number of rotatable bonds is 8. The van der Waals surface area contributed by atoms with Gasteiger partial charge < -0.3 is 14.6 Å². The molecule has 0 bridgehead atoms. The zero-order valence-electron chi connectivity index (χ0n) is 17.9. The van der Waals surface area contributed by atoms with E-state index < -0.39 is 9.84 Å². The van der Waals surface area contributed by atoms with Gasteiger partial charge in [0.05, 0.1) is 11.0 Å². The van der Waals surface area contributed by atoms with Crippen LogP contribution in [0.2, 0.25) is 0 Å². The molecule has 0 fully saturated rings. The number of aromatic nitrogens is 2. The standard InChI is InChI=1S/C24H22FN3O4S/c1-33(30,31)16-23-27-21-4-2-3-5-22(21)28(23)15-24(29)26-14-17-6-10-19(11-7-17)32-20-12-8-18(25)9-13-20/h2-13H,14-16H2,1H3,(H,26,29). The molecule has 1 amide bonds. The summed E-state index contributed by atoms with van der Waals surface area (Å²) in [5, 5.41) is 2.85. The first-order valence-electron chi connectivity index (χ1n) is 10.2. The van der Waals surface area contributed by atoms with Gasteiger partial charge in [0.2, 0.25) is 5.91 Å². The third kappa shape index (κ3) is 5.95. The highest BCUT2D eigenvalue weighted by molar-refractivity contribution is 7.89. The van der Waals surface area contributed by atoms with Crippen molar-refractivity contribution in [2.45, 2.75) is 18.8 Å². The number of para-hydroxylation sites is 2. The topological polar surface area (TPSA) is 90.3 Å². The molecule has 0 atom stereocenters. The van der Waals surface area contributed by atoms with Gasteiger partial charge in [0.15, 0.2) is 9.84 Å². The Bertz CT molecular complexity index is 1380. The molecular weight excluding hydrogens is 445 g/mol. The van der Waals surface area contributed by atoms with Crippen LogP contribution in [0.3, 0.4) is 0 Å². The van der Waals surface area contributed by atoms with Gasteiger partial charge in [-0.1, -0.05) is 24.3 Å². The van der Waals surface area contributed by atoms with Crippen molar-refractivity contribution in [1.29, 1.82) is 0 Å². The van der Waals surface area contributed by atoms with Crippen molar-refractivity contribution in [3.63, 3.8) is 0 Å². The van der Waals surface area contributed by atoms with Gasteiger partial charge in [-0.2, -0.15) is 0 Å². The predicted molar refractivity (Wildman–Crippen MR) is 123 cm³/mol. The van der Waals surface area contributed by atoms with Gasteiger partial charge in [-0.05, 0) is 54.1 Å². The molecule has 4 aromatic rings. The molecule has 1 heterocycles. The number of hydrogen-bond donors (Lipinski definition) is 1. The van der Waals surface area contributed by atoms with Crippen LogP contribution < -0.4 is 10.1 Å². The van der Waals surface area contributed by atoms with E-state index in [1.807, 2.05) is 24.3 Å². The lowest BCUT2D eigenvalue weighted by atomic mass is 10.2. The molecule has 170 valence electrons. The Hall–Kier alpha value is -3.72. The number of ether oxygens (including phenoxy) is 1. The van der Waals surface area contributed by atoms with Crippen LogP contribution >= 0.6 is 0 Å². The van der Waals surface area contributed by atoms with Crippen LogP contribution in [0.4, 0.5) is 4.39 Å². The average molecular weight is 468 g/mol. The van der Waals surface area contributed by atoms with Gasteiger partial charge in [-0.3, -0.25) is 4.79 Å². The van der Waals surface area contributed by atoms with E-state index in [4.69, 9.17) is 4.74 Å². The molecule has 1 aromatic heterocycles. The van der Waals surface area contributed by atoms with Crippen LogP contribution in [0.25, 0.3) is 11.0 Å². The van der Waals surface area contributed by atoms with Gasteiger partial charge in [0.1, 0.15) is 35.4 Å². The first-order chi connectivity index (χ1) is 15.8. The van der Waals surface area contributed by atoms with E-state index >= 15 is 0 Å². The Kier molecular flexibility index (Phi) is 6.41. The highest BCUT2D eigenvalue weighted by Gasteiger charge is 2.17. The molecule has 0 unspecified atom stereocenters. The Labute approximate surface area is 190 Å². The number of benzene rings is 3. The first-order valence-corrected chi connectivity index (χ1v) is 12.2. The second-order valence-electron chi connectivity index (χ2n) is 7.65. The van der Waals surface area contributed by atoms with Gasteiger partial charge in [-0.25, -0.2) is 17.8 Å². The molecule has 9 heteroatoms. The van der Waals surface area contributed by atoms with Gasteiger partial charge >= 0.3 is 0 Å². The lowest BCUT2D eigenvalue weighted by molar-refractivity contribution is -0.121. The summed E-state index contributed by atoms with van der Waals surface area (Å²) in [5.74, 6) is 0.600. The van der Waals surface area contributed by atoms with Crippen molar-refractivity contribution >= 4 is 26.8 Å². The van der Waals surface area contributed by atoms with Crippen LogP contribution in [-0.4, -0.2) is 30.1 Å². The smallest absolute Gasteiger partial charge is 0.240 e. The minimum absolute atomic E-state index is 0.0445. The summed E-state index contributed by atoms with van der Waals surface area (Å²) in [6.07, 6.45) is 1.14. The molecule has 4 rings (SSSR count). The SMILES string of the molecule is CS(=O)(=O)Cc1nc2ccccc2n1CC(=O)NCc1ccc(Oc2ccc(F)cc2)cc1. The Morgan fingerprint density at radius 1 is 1.00 bits per heavy atom. The summed E-state index contributed by atoms with van der Waals surface area (Å²) >= 11 is 0. The van der Waals surface area contributed by atoms with Crippen molar-refractivity contribution in [2.24, 2.45) is 0 Å². The number of carbonyl (C=O) groups excluding carboxylic acids is 1. The van der Waals surface area contributed by atoms with Crippen LogP contribution in [0, 0.1) is 5.82 Å². The lowest BCUT2D eigenvalue weighted by Crippen LogP contribution is -2.28. The molecular formula is C24H22FN3O4S. The maximum atomic E-state index is 13.0. The number of imidazole rings is 1. The fraction of sp³-hybridized carbons (Fsp3) is 0.167. The summed E-state index contributed by atoms with van der Waals surface area (Å²) in [6, 6.07) is 20.1. The van der Waals surface area contributed by atoms with Crippen LogP contribution in [0.15, 0.2) is 72.8 Å². The maximum Gasteiger partial charge on any atom is 0.240 e. The summed E-state index contributed by atoms with van der Waals surface area (Å²) in [4.78, 5) is 17.0. The third-order valence-electron chi connectivity index (χ3n) is 4.89. The Morgan fingerprint density at radius 3 is 2.30 bits per heavy atom. The second-order valence-corrected chi connectivity index (χ2v) is 9.79. The number of nitrogens with one attached hydrogen (secondary N) is 1. The lowest BCUT2D eigenvalue weighted by Gasteiger charge is -2.10. The minimum atomic E-state index is -3.31. The molecule has 0 radical (unpaired) electrons. The minimum Gasteiger partial charge on any atom is -0.457 e. The maximum absolute atomic E-state index is 13.0. The van der Waals surface area contributed by atoms with Crippen molar-refractivity contribution in [3.05, 3.63) is 90.0 Å². The number of hydrogen-bond acceptors (Lipinski definition) is 5. The molecule has 0 spiro atoms. The van der Waals surface area contributed by atoms with Crippen molar-refractivity contribution in [2.75, 3.05) is 6.26 Å². The predicted octanol–water partition coefficient (Wildman–Crippen LogP) is 3.83. The van der Waals surface area contributed by atoms with Gasteiger partial charge in [0, 0.05) is 12.8 Å². The molecule has 3 aromatic carbocycles. The second kappa shape index (κ2) is 9.41. The molecule has 0 aliphatic heterocycles. The van der Waals surface area contributed by atoms with E-state index in [1.165, 1.54) is 12.1 Å². The third-order valence-corrected chi connectivity index (χ3v) is 5.67. The monoisotopic (exact) mass is 467 g/mol. The van der Waals surface area contributed by atoms with Crippen molar-refractivity contribution in [1.82, 2.24) is 14.9 Å². The molecule has 7 nitrogen and oxygen atoms in total. The fourth-order valence-electron chi connectivity index (χ4n) is 3.36. The Balaban J connectivity index is 1.40. The van der Waals surface area contributed by atoms with Crippen LogP contribution in [0.1, 0.15) is 11.4 Å². The highest BCUT2D eigenvalue weighted by Crippen LogP contribution is 2.22. The highest BCUT2D eigenvalue weighted by atomic mass is 32.2. The summed E-state index contributed by atoms with van der Waals surface area (Å²) < 4.78 is 43.9. The fourth-order valence-corrected chi connectivity index (χ4v) is 4.05. The average Bonchev–Trinajstić information content (AvgIpc) is 3.10. The molecule has 0 aliphatic carbocycles. The number of amides is 1. The largest absolute Gasteiger partial charge is 0.457 e. The Morgan fingerprint density at radius 2 is 1.64 bits per heavy atom. The first kappa shape index (κ1) is 22.5. The molecule has 33 heavy (non-hydrogen) atoms. The quantitative estimate of drug-likeness (QED) is 0.425. The van der Waals surface area contributed by atoms with Crippen LogP contribution in [-0.2, 0) is 33.5 Å². The number of fused-ring (bicyclic) bond motifs is 1. The molecule has 1 N–H and O–H groups in total. The summed E-state index contributed by atoms with van der Waals surface area (Å²) in [5.41, 5.74) is 2.20. The van der Waals surface area contributed by atoms with E-state index in [9.17, 15) is 17.6 Å². The summed E-state index contributed by atoms with van der Waals surface area (Å²) in [6.45, 7) is 0.251. The van der Waals surface area contributed by atoms with Gasteiger partial charge in [0.25, 0.3) is 0 Å². The summed E-state index contributed by atoms with van der Waals surface area (Å²) in [7, 11) is -3.31. The number of halogens is 1. The molecule has 0 saturated heterocycles.